The molecule has 0 aromatic rings. The van der Waals surface area contributed by atoms with Crippen LogP contribution < -0.4 is 10.6 Å². The number of nitrogens with zero attached hydrogens (tertiary/aromatic N) is 2. The molecule has 1 heterocycles. The van der Waals surface area contributed by atoms with Crippen LogP contribution in [0.1, 0.15) is 54.4 Å². The Labute approximate surface area is 158 Å². The number of likely N-dealkylation sites (tertiary alicyclic amines) is 1. The average molecular weight is 371 g/mol. The molecule has 1 saturated heterocycles. The molecular formula is C19H38N4O3. The summed E-state index contributed by atoms with van der Waals surface area (Å²) in [5.41, 5.74) is -0.434. The van der Waals surface area contributed by atoms with Crippen LogP contribution in [0.2, 0.25) is 0 Å². The van der Waals surface area contributed by atoms with Crippen molar-refractivity contribution in [1.82, 2.24) is 15.5 Å². The monoisotopic (exact) mass is 370 g/mol. The molecule has 7 nitrogen and oxygen atoms in total. The molecule has 1 aliphatic heterocycles. The normalized spacial score (nSPS) is 20.5. The minimum Gasteiger partial charge on any atom is -0.444 e. The second-order valence-corrected chi connectivity index (χ2v) is 8.95. The van der Waals surface area contributed by atoms with Crippen LogP contribution in [0.4, 0.5) is 4.79 Å². The highest BCUT2D eigenvalue weighted by Gasteiger charge is 2.29. The van der Waals surface area contributed by atoms with E-state index in [4.69, 9.17) is 9.47 Å². The van der Waals surface area contributed by atoms with Crippen molar-refractivity contribution in [2.24, 2.45) is 10.4 Å². The molecule has 0 bridgehead atoms. The second-order valence-electron chi connectivity index (χ2n) is 8.95. The van der Waals surface area contributed by atoms with Gasteiger partial charge < -0.3 is 25.0 Å². The van der Waals surface area contributed by atoms with E-state index in [1.165, 1.54) is 0 Å². The minimum atomic E-state index is -0.475. The third-order valence-electron chi connectivity index (χ3n) is 4.34. The van der Waals surface area contributed by atoms with Crippen molar-refractivity contribution in [2.75, 3.05) is 33.8 Å². The first-order valence-electron chi connectivity index (χ1n) is 9.44. The molecule has 1 aliphatic rings. The molecule has 2 unspecified atom stereocenters. The molecule has 152 valence electrons. The fourth-order valence-electron chi connectivity index (χ4n) is 2.91. The summed E-state index contributed by atoms with van der Waals surface area (Å²) < 4.78 is 11.1. The number of amides is 1. The van der Waals surface area contributed by atoms with E-state index in [0.717, 1.165) is 25.3 Å². The molecule has 1 amide bonds. The van der Waals surface area contributed by atoms with Crippen molar-refractivity contribution in [2.45, 2.75) is 72.1 Å². The van der Waals surface area contributed by atoms with Crippen LogP contribution in [0.15, 0.2) is 4.99 Å². The van der Waals surface area contributed by atoms with Gasteiger partial charge in [0.15, 0.2) is 5.96 Å². The van der Waals surface area contributed by atoms with Gasteiger partial charge in [0.2, 0.25) is 0 Å². The summed E-state index contributed by atoms with van der Waals surface area (Å²) in [6.45, 7) is 14.1. The second kappa shape index (κ2) is 9.44. The topological polar surface area (TPSA) is 75.2 Å². The van der Waals surface area contributed by atoms with Crippen LogP contribution in [0.5, 0.6) is 0 Å². The molecule has 2 N–H and O–H groups in total. The van der Waals surface area contributed by atoms with Gasteiger partial charge in [-0.15, -0.1) is 0 Å². The third-order valence-corrected chi connectivity index (χ3v) is 4.34. The molecule has 1 fully saturated rings. The number of piperidine rings is 1. The lowest BCUT2D eigenvalue weighted by atomic mass is 9.89. The Morgan fingerprint density at radius 1 is 1.27 bits per heavy atom. The number of guanidine groups is 1. The Hall–Kier alpha value is -1.50. The molecule has 0 aromatic heterocycles. The molecule has 0 saturated carbocycles. The SMILES string of the molecule is CN=C(NCC(OC)C(C)(C)C)NC1CCCN(C(=O)OC(C)(C)C)C1. The summed E-state index contributed by atoms with van der Waals surface area (Å²) in [5.74, 6) is 0.729. The van der Waals surface area contributed by atoms with Crippen LogP contribution in [-0.2, 0) is 9.47 Å². The highest BCUT2D eigenvalue weighted by molar-refractivity contribution is 5.80. The quantitative estimate of drug-likeness (QED) is 0.588. The predicted molar refractivity (Wildman–Crippen MR) is 106 cm³/mol. The van der Waals surface area contributed by atoms with Gasteiger partial charge in [0.25, 0.3) is 0 Å². The van der Waals surface area contributed by atoms with Gasteiger partial charge in [0.05, 0.1) is 6.10 Å². The van der Waals surface area contributed by atoms with Gasteiger partial charge in [0, 0.05) is 39.8 Å². The minimum absolute atomic E-state index is 0.0406. The number of carbonyl (C=O) groups excluding carboxylic acids is 1. The summed E-state index contributed by atoms with van der Waals surface area (Å²) >= 11 is 0. The maximum absolute atomic E-state index is 12.3. The molecule has 2 atom stereocenters. The first kappa shape index (κ1) is 22.5. The Balaban J connectivity index is 2.56. The Kier molecular flexibility index (Phi) is 8.18. The van der Waals surface area contributed by atoms with Gasteiger partial charge in [0.1, 0.15) is 5.60 Å². The van der Waals surface area contributed by atoms with E-state index in [2.05, 4.69) is 36.4 Å². The molecule has 0 aliphatic carbocycles. The maximum atomic E-state index is 12.3. The van der Waals surface area contributed by atoms with Crippen LogP contribution in [-0.4, -0.2) is 68.5 Å². The number of ether oxygens (including phenoxy) is 2. The number of aliphatic imine (C=N–C) groups is 1. The molecule has 0 aromatic carbocycles. The van der Waals surface area contributed by atoms with Crippen molar-refractivity contribution in [3.63, 3.8) is 0 Å². The maximum Gasteiger partial charge on any atom is 0.410 e. The smallest absolute Gasteiger partial charge is 0.410 e. The number of nitrogens with one attached hydrogen (secondary N) is 2. The average Bonchev–Trinajstić information content (AvgIpc) is 2.51. The van der Waals surface area contributed by atoms with Gasteiger partial charge in [-0.25, -0.2) is 4.79 Å². The van der Waals surface area contributed by atoms with E-state index >= 15 is 0 Å². The zero-order valence-electron chi connectivity index (χ0n) is 17.8. The van der Waals surface area contributed by atoms with Crippen molar-refractivity contribution >= 4 is 12.1 Å². The van der Waals surface area contributed by atoms with E-state index < -0.39 is 5.60 Å². The molecule has 0 spiro atoms. The molecule has 0 radical (unpaired) electrons. The van der Waals surface area contributed by atoms with Crippen LogP contribution in [0.25, 0.3) is 0 Å². The molecule has 7 heteroatoms. The van der Waals surface area contributed by atoms with Crippen LogP contribution in [0.3, 0.4) is 0 Å². The zero-order chi connectivity index (χ0) is 20.0. The molecule has 26 heavy (non-hydrogen) atoms. The van der Waals surface area contributed by atoms with E-state index in [1.54, 1.807) is 19.1 Å². The number of hydrogen-bond donors (Lipinski definition) is 2. The summed E-state index contributed by atoms with van der Waals surface area (Å²) in [4.78, 5) is 18.4. The fourth-order valence-corrected chi connectivity index (χ4v) is 2.91. The number of carbonyl (C=O) groups is 1. The van der Waals surface area contributed by atoms with Gasteiger partial charge in [-0.05, 0) is 39.0 Å². The van der Waals surface area contributed by atoms with Crippen molar-refractivity contribution in [3.05, 3.63) is 0 Å². The summed E-state index contributed by atoms with van der Waals surface area (Å²) in [7, 11) is 3.48. The fraction of sp³-hybridized carbons (Fsp3) is 0.895. The van der Waals surface area contributed by atoms with Gasteiger partial charge in [-0.2, -0.15) is 0 Å². The highest BCUT2D eigenvalue weighted by Crippen LogP contribution is 2.21. The summed E-state index contributed by atoms with van der Waals surface area (Å²) in [6, 6.07) is 0.151. The lowest BCUT2D eigenvalue weighted by Gasteiger charge is -2.35. The van der Waals surface area contributed by atoms with Crippen molar-refractivity contribution < 1.29 is 14.3 Å². The zero-order valence-corrected chi connectivity index (χ0v) is 17.8. The van der Waals surface area contributed by atoms with E-state index in [1.807, 2.05) is 20.8 Å². The lowest BCUT2D eigenvalue weighted by molar-refractivity contribution is 0.0186. The summed E-state index contributed by atoms with van der Waals surface area (Å²) in [5, 5.41) is 6.75. The van der Waals surface area contributed by atoms with Crippen LogP contribution in [0, 0.1) is 5.41 Å². The Morgan fingerprint density at radius 2 is 1.92 bits per heavy atom. The van der Waals surface area contributed by atoms with Crippen molar-refractivity contribution in [3.8, 4) is 0 Å². The predicted octanol–water partition coefficient (Wildman–Crippen LogP) is 2.61. The van der Waals surface area contributed by atoms with Crippen molar-refractivity contribution in [1.29, 1.82) is 0 Å². The van der Waals surface area contributed by atoms with E-state index in [9.17, 15) is 4.79 Å². The Morgan fingerprint density at radius 3 is 2.42 bits per heavy atom. The van der Waals surface area contributed by atoms with E-state index in [-0.39, 0.29) is 23.7 Å². The number of rotatable bonds is 4. The van der Waals surface area contributed by atoms with Gasteiger partial charge in [-0.3, -0.25) is 4.99 Å². The first-order valence-corrected chi connectivity index (χ1v) is 9.44. The first-order chi connectivity index (χ1) is 12.0. The standard InChI is InChI=1S/C19H38N4O3/c1-18(2,3)15(25-8)12-21-16(20-7)22-14-10-9-11-23(13-14)17(24)26-19(4,5)6/h14-15H,9-13H2,1-8H3,(H2,20,21,22). The summed E-state index contributed by atoms with van der Waals surface area (Å²) in [6.07, 6.45) is 1.76. The largest absolute Gasteiger partial charge is 0.444 e. The third kappa shape index (κ3) is 7.81. The van der Waals surface area contributed by atoms with Gasteiger partial charge in [-0.1, -0.05) is 20.8 Å². The lowest BCUT2D eigenvalue weighted by Crippen LogP contribution is -2.54. The highest BCUT2D eigenvalue weighted by atomic mass is 16.6. The van der Waals surface area contributed by atoms with E-state index in [0.29, 0.717) is 13.1 Å². The number of hydrogen-bond acceptors (Lipinski definition) is 4. The van der Waals surface area contributed by atoms with Gasteiger partial charge >= 0.3 is 6.09 Å². The molecule has 1 rings (SSSR count). The Bertz CT molecular complexity index is 480. The van der Waals surface area contributed by atoms with Crippen LogP contribution >= 0.6 is 0 Å². The number of methoxy groups -OCH3 is 1. The molecular weight excluding hydrogens is 332 g/mol.